The molecular weight excluding hydrogens is 420 g/mol. The third-order valence-corrected chi connectivity index (χ3v) is 7.25. The van der Waals surface area contributed by atoms with Crippen LogP contribution in [0.5, 0.6) is 0 Å². The van der Waals surface area contributed by atoms with Crippen molar-refractivity contribution in [2.45, 2.75) is 18.2 Å². The van der Waals surface area contributed by atoms with E-state index in [4.69, 9.17) is 11.6 Å². The van der Waals surface area contributed by atoms with Gasteiger partial charge < -0.3 is 4.90 Å². The van der Waals surface area contributed by atoms with Gasteiger partial charge in [0.2, 0.25) is 5.91 Å². The number of rotatable bonds is 5. The van der Waals surface area contributed by atoms with E-state index in [1.54, 1.807) is 48.2 Å². The molecular formula is C23H21ClN2O3S. The summed E-state index contributed by atoms with van der Waals surface area (Å²) in [6.07, 6.45) is 0.754. The molecule has 0 fully saturated rings. The monoisotopic (exact) mass is 440 g/mol. The SMILES string of the molecule is Cc1ccc(Cl)cc1N(CC(=O)N1CCc2ccccc21)S(=O)(=O)c1ccccc1. The molecule has 0 N–H and O–H groups in total. The molecule has 0 bridgehead atoms. The van der Waals surface area contributed by atoms with Crippen LogP contribution in [0, 0.1) is 6.92 Å². The van der Waals surface area contributed by atoms with Crippen molar-refractivity contribution in [2.75, 3.05) is 22.3 Å². The lowest BCUT2D eigenvalue weighted by Gasteiger charge is -2.28. The molecule has 7 heteroatoms. The van der Waals surface area contributed by atoms with Gasteiger partial charge in [-0.25, -0.2) is 8.42 Å². The van der Waals surface area contributed by atoms with Crippen molar-refractivity contribution >= 4 is 38.9 Å². The van der Waals surface area contributed by atoms with Crippen molar-refractivity contribution in [3.05, 3.63) is 88.9 Å². The Morgan fingerprint density at radius 3 is 2.50 bits per heavy atom. The molecule has 3 aromatic rings. The number of nitrogens with zero attached hydrogens (tertiary/aromatic N) is 2. The molecule has 1 aliphatic rings. The topological polar surface area (TPSA) is 57.7 Å². The molecule has 0 radical (unpaired) electrons. The minimum absolute atomic E-state index is 0.124. The van der Waals surface area contributed by atoms with E-state index in [0.717, 1.165) is 22.0 Å². The first-order valence-electron chi connectivity index (χ1n) is 9.60. The minimum Gasteiger partial charge on any atom is -0.310 e. The largest absolute Gasteiger partial charge is 0.310 e. The maximum absolute atomic E-state index is 13.5. The van der Waals surface area contributed by atoms with E-state index in [0.29, 0.717) is 22.8 Å². The highest BCUT2D eigenvalue weighted by molar-refractivity contribution is 7.92. The summed E-state index contributed by atoms with van der Waals surface area (Å²) in [5.41, 5.74) is 3.03. The van der Waals surface area contributed by atoms with E-state index in [9.17, 15) is 13.2 Å². The standard InChI is InChI=1S/C23H21ClN2O3S/c1-17-11-12-19(24)15-22(17)26(30(28,29)20-8-3-2-4-9-20)16-23(27)25-14-13-18-7-5-6-10-21(18)25/h2-12,15H,13-14,16H2,1H3. The second-order valence-corrected chi connectivity index (χ2v) is 9.48. The summed E-state index contributed by atoms with van der Waals surface area (Å²) in [6.45, 7) is 2.02. The van der Waals surface area contributed by atoms with Gasteiger partial charge in [-0.15, -0.1) is 0 Å². The van der Waals surface area contributed by atoms with Crippen LogP contribution in [0.25, 0.3) is 0 Å². The number of aryl methyl sites for hydroxylation is 1. The Morgan fingerprint density at radius 2 is 1.73 bits per heavy atom. The molecule has 0 saturated heterocycles. The second kappa shape index (κ2) is 8.13. The number of fused-ring (bicyclic) bond motifs is 1. The summed E-state index contributed by atoms with van der Waals surface area (Å²) in [5, 5.41) is 0.405. The zero-order valence-electron chi connectivity index (χ0n) is 16.5. The van der Waals surface area contributed by atoms with Crippen LogP contribution in [0.1, 0.15) is 11.1 Å². The Kier molecular flexibility index (Phi) is 5.54. The molecule has 1 amide bonds. The Hall–Kier alpha value is -2.83. The second-order valence-electron chi connectivity index (χ2n) is 7.18. The fourth-order valence-electron chi connectivity index (χ4n) is 3.68. The molecule has 0 aliphatic carbocycles. The van der Waals surface area contributed by atoms with Crippen molar-refractivity contribution in [1.29, 1.82) is 0 Å². The Bertz CT molecular complexity index is 1200. The van der Waals surface area contributed by atoms with E-state index in [2.05, 4.69) is 0 Å². The smallest absolute Gasteiger partial charge is 0.264 e. The molecule has 0 aromatic heterocycles. The average molecular weight is 441 g/mol. The number of hydrogen-bond acceptors (Lipinski definition) is 3. The van der Waals surface area contributed by atoms with E-state index in [1.165, 1.54) is 12.1 Å². The summed E-state index contributed by atoms with van der Waals surface area (Å²) in [5.74, 6) is -0.279. The molecule has 30 heavy (non-hydrogen) atoms. The summed E-state index contributed by atoms with van der Waals surface area (Å²) in [4.78, 5) is 15.0. The number of carbonyl (C=O) groups is 1. The van der Waals surface area contributed by atoms with E-state index in [-0.39, 0.29) is 17.3 Å². The van der Waals surface area contributed by atoms with Crippen LogP contribution in [-0.4, -0.2) is 27.4 Å². The molecule has 1 heterocycles. The molecule has 154 valence electrons. The molecule has 0 atom stereocenters. The molecule has 0 spiro atoms. The molecule has 3 aromatic carbocycles. The van der Waals surface area contributed by atoms with Gasteiger partial charge >= 0.3 is 0 Å². The fraction of sp³-hybridized carbons (Fsp3) is 0.174. The van der Waals surface area contributed by atoms with Gasteiger partial charge in [-0.2, -0.15) is 0 Å². The number of halogens is 1. The molecule has 0 unspecified atom stereocenters. The third-order valence-electron chi connectivity index (χ3n) is 5.24. The zero-order chi connectivity index (χ0) is 21.3. The predicted molar refractivity (Wildman–Crippen MR) is 120 cm³/mol. The summed E-state index contributed by atoms with van der Waals surface area (Å²) in [7, 11) is -3.97. The first kappa shape index (κ1) is 20.4. The van der Waals surface area contributed by atoms with Gasteiger partial charge in [-0.3, -0.25) is 9.10 Å². The van der Waals surface area contributed by atoms with Crippen LogP contribution in [0.4, 0.5) is 11.4 Å². The lowest BCUT2D eigenvalue weighted by Crippen LogP contribution is -2.43. The molecule has 4 rings (SSSR count). The highest BCUT2D eigenvalue weighted by Gasteiger charge is 2.32. The highest BCUT2D eigenvalue weighted by Crippen LogP contribution is 2.31. The van der Waals surface area contributed by atoms with Gasteiger partial charge in [0.25, 0.3) is 10.0 Å². The number of carbonyl (C=O) groups excluding carboxylic acids is 1. The van der Waals surface area contributed by atoms with Crippen LogP contribution in [-0.2, 0) is 21.2 Å². The van der Waals surface area contributed by atoms with Crippen LogP contribution in [0.15, 0.2) is 77.7 Å². The van der Waals surface area contributed by atoms with E-state index < -0.39 is 10.0 Å². The number of anilines is 2. The van der Waals surface area contributed by atoms with E-state index >= 15 is 0 Å². The zero-order valence-corrected chi connectivity index (χ0v) is 18.0. The predicted octanol–water partition coefficient (Wildman–Crippen LogP) is 4.43. The fourth-order valence-corrected chi connectivity index (χ4v) is 5.33. The van der Waals surface area contributed by atoms with Crippen LogP contribution in [0.2, 0.25) is 5.02 Å². The minimum atomic E-state index is -3.97. The number of para-hydroxylation sites is 1. The Balaban J connectivity index is 1.75. The number of hydrogen-bond donors (Lipinski definition) is 0. The summed E-state index contributed by atoms with van der Waals surface area (Å²) in [6, 6.07) is 20.9. The van der Waals surface area contributed by atoms with Gasteiger partial charge in [-0.1, -0.05) is 54.1 Å². The van der Waals surface area contributed by atoms with Crippen LogP contribution >= 0.6 is 11.6 Å². The van der Waals surface area contributed by atoms with Gasteiger partial charge in [0, 0.05) is 17.3 Å². The summed E-state index contributed by atoms with van der Waals surface area (Å²) < 4.78 is 28.2. The number of benzene rings is 3. The van der Waals surface area contributed by atoms with Crippen molar-refractivity contribution in [3.63, 3.8) is 0 Å². The normalized spacial score (nSPS) is 13.2. The highest BCUT2D eigenvalue weighted by atomic mass is 35.5. The van der Waals surface area contributed by atoms with Crippen molar-refractivity contribution in [2.24, 2.45) is 0 Å². The van der Waals surface area contributed by atoms with Crippen molar-refractivity contribution < 1.29 is 13.2 Å². The Morgan fingerprint density at radius 1 is 1.03 bits per heavy atom. The van der Waals surface area contributed by atoms with Crippen LogP contribution in [0.3, 0.4) is 0 Å². The van der Waals surface area contributed by atoms with Crippen molar-refractivity contribution in [3.8, 4) is 0 Å². The maximum Gasteiger partial charge on any atom is 0.264 e. The number of amides is 1. The van der Waals surface area contributed by atoms with Gasteiger partial charge in [0.05, 0.1) is 10.6 Å². The first-order valence-corrected chi connectivity index (χ1v) is 11.4. The maximum atomic E-state index is 13.5. The first-order chi connectivity index (χ1) is 14.4. The lowest BCUT2D eigenvalue weighted by molar-refractivity contribution is -0.117. The van der Waals surface area contributed by atoms with Gasteiger partial charge in [-0.05, 0) is 54.8 Å². The Labute approximate surface area is 181 Å². The molecule has 1 aliphatic heterocycles. The average Bonchev–Trinajstić information content (AvgIpc) is 3.18. The number of sulfonamides is 1. The summed E-state index contributed by atoms with van der Waals surface area (Å²) >= 11 is 6.17. The quantitative estimate of drug-likeness (QED) is 0.589. The van der Waals surface area contributed by atoms with E-state index in [1.807, 2.05) is 24.3 Å². The molecule has 0 saturated carbocycles. The molecule has 5 nitrogen and oxygen atoms in total. The van der Waals surface area contributed by atoms with Crippen molar-refractivity contribution in [1.82, 2.24) is 0 Å². The third kappa shape index (κ3) is 3.80. The van der Waals surface area contributed by atoms with Crippen LogP contribution < -0.4 is 9.21 Å². The van der Waals surface area contributed by atoms with Gasteiger partial charge in [0.1, 0.15) is 6.54 Å². The lowest BCUT2D eigenvalue weighted by atomic mass is 10.2. The van der Waals surface area contributed by atoms with Gasteiger partial charge in [0.15, 0.2) is 0 Å².